The summed E-state index contributed by atoms with van der Waals surface area (Å²) in [6.07, 6.45) is 1.74. The van der Waals surface area contributed by atoms with E-state index in [4.69, 9.17) is 15.2 Å². The largest absolute Gasteiger partial charge is 0.486 e. The minimum absolute atomic E-state index is 0.581. The summed E-state index contributed by atoms with van der Waals surface area (Å²) < 4.78 is 11.2. The van der Waals surface area contributed by atoms with Crippen molar-refractivity contribution < 1.29 is 9.47 Å². The van der Waals surface area contributed by atoms with Gasteiger partial charge in [-0.2, -0.15) is 0 Å². The van der Waals surface area contributed by atoms with Gasteiger partial charge in [-0.05, 0) is 23.8 Å². The Kier molecular flexibility index (Phi) is 2.67. The summed E-state index contributed by atoms with van der Waals surface area (Å²) in [5, 5.41) is 0.963. The van der Waals surface area contributed by atoms with Crippen LogP contribution in [0.3, 0.4) is 0 Å². The monoisotopic (exact) mass is 278 g/mol. The van der Waals surface area contributed by atoms with Crippen LogP contribution in [0, 0.1) is 0 Å². The zero-order chi connectivity index (χ0) is 14.2. The lowest BCUT2D eigenvalue weighted by atomic mass is 10.0. The van der Waals surface area contributed by atoms with Gasteiger partial charge in [0.2, 0.25) is 0 Å². The van der Waals surface area contributed by atoms with Crippen LogP contribution in [0.4, 0.5) is 5.69 Å². The number of anilines is 1. The normalized spacial score (nSPS) is 13.3. The number of aromatic nitrogens is 1. The molecule has 104 valence electrons. The second-order valence-corrected chi connectivity index (χ2v) is 4.96. The minimum atomic E-state index is 0.581. The molecule has 1 aromatic heterocycles. The molecule has 0 radical (unpaired) electrons. The van der Waals surface area contributed by atoms with Crippen molar-refractivity contribution in [1.29, 1.82) is 0 Å². The highest BCUT2D eigenvalue weighted by molar-refractivity contribution is 5.99. The molecule has 0 fully saturated rings. The van der Waals surface area contributed by atoms with Crippen molar-refractivity contribution in [3.63, 3.8) is 0 Å². The molecule has 4 heteroatoms. The maximum Gasteiger partial charge on any atom is 0.161 e. The maximum atomic E-state index is 6.03. The number of hydrogen-bond donors (Lipinski definition) is 1. The molecule has 1 aliphatic rings. The van der Waals surface area contributed by atoms with Gasteiger partial charge >= 0.3 is 0 Å². The van der Waals surface area contributed by atoms with Gasteiger partial charge in [0.15, 0.2) is 11.5 Å². The van der Waals surface area contributed by atoms with Gasteiger partial charge in [0.25, 0.3) is 0 Å². The van der Waals surface area contributed by atoms with Gasteiger partial charge in [0.1, 0.15) is 13.2 Å². The van der Waals surface area contributed by atoms with Crippen LogP contribution in [-0.4, -0.2) is 18.2 Å². The molecule has 0 aliphatic carbocycles. The average molecular weight is 278 g/mol. The first-order valence-electron chi connectivity index (χ1n) is 6.86. The van der Waals surface area contributed by atoms with Crippen molar-refractivity contribution in [2.75, 3.05) is 18.9 Å². The van der Waals surface area contributed by atoms with Crippen LogP contribution >= 0.6 is 0 Å². The molecular weight excluding hydrogens is 264 g/mol. The van der Waals surface area contributed by atoms with Gasteiger partial charge in [-0.25, -0.2) is 0 Å². The van der Waals surface area contributed by atoms with Crippen LogP contribution in [0.1, 0.15) is 0 Å². The molecule has 3 aromatic rings. The first kappa shape index (κ1) is 12.0. The molecular formula is C17H14N2O2. The Morgan fingerprint density at radius 1 is 0.952 bits per heavy atom. The van der Waals surface area contributed by atoms with Crippen molar-refractivity contribution >= 4 is 16.6 Å². The predicted octanol–water partition coefficient (Wildman–Crippen LogP) is 3.26. The molecule has 21 heavy (non-hydrogen) atoms. The van der Waals surface area contributed by atoms with E-state index >= 15 is 0 Å². The molecule has 2 N–H and O–H groups in total. The smallest absolute Gasteiger partial charge is 0.161 e. The number of nitrogens with two attached hydrogens (primary N) is 1. The number of ether oxygens (including phenoxy) is 2. The minimum Gasteiger partial charge on any atom is -0.486 e. The van der Waals surface area contributed by atoms with Crippen LogP contribution in [-0.2, 0) is 0 Å². The van der Waals surface area contributed by atoms with E-state index in [9.17, 15) is 0 Å². The highest BCUT2D eigenvalue weighted by atomic mass is 16.6. The van der Waals surface area contributed by atoms with Crippen molar-refractivity contribution in [2.24, 2.45) is 0 Å². The van der Waals surface area contributed by atoms with E-state index in [0.29, 0.717) is 13.2 Å². The van der Waals surface area contributed by atoms with Crippen molar-refractivity contribution in [1.82, 2.24) is 4.98 Å². The number of nitrogen functional groups attached to an aromatic ring is 1. The average Bonchev–Trinajstić information content (AvgIpc) is 2.54. The molecule has 1 aliphatic heterocycles. The highest BCUT2D eigenvalue weighted by Gasteiger charge is 2.14. The van der Waals surface area contributed by atoms with Crippen molar-refractivity contribution in [2.45, 2.75) is 0 Å². The Hall–Kier alpha value is -2.75. The van der Waals surface area contributed by atoms with E-state index in [2.05, 4.69) is 4.98 Å². The summed E-state index contributed by atoms with van der Waals surface area (Å²) in [6.45, 7) is 1.18. The van der Waals surface area contributed by atoms with Crippen LogP contribution < -0.4 is 15.2 Å². The van der Waals surface area contributed by atoms with Crippen molar-refractivity contribution in [3.8, 4) is 22.6 Å². The molecule has 0 saturated heterocycles. The summed E-state index contributed by atoms with van der Waals surface area (Å²) in [6, 6.07) is 13.8. The Balaban J connectivity index is 1.92. The zero-order valence-electron chi connectivity index (χ0n) is 11.4. The fraction of sp³-hybridized carbons (Fsp3) is 0.118. The highest BCUT2D eigenvalue weighted by Crippen LogP contribution is 2.37. The van der Waals surface area contributed by atoms with Gasteiger partial charge in [-0.3, -0.25) is 4.98 Å². The van der Waals surface area contributed by atoms with E-state index in [1.54, 1.807) is 6.20 Å². The van der Waals surface area contributed by atoms with E-state index in [-0.39, 0.29) is 0 Å². The van der Waals surface area contributed by atoms with E-state index in [1.807, 2.05) is 42.5 Å². The number of fused-ring (bicyclic) bond motifs is 2. The van der Waals surface area contributed by atoms with Gasteiger partial charge in [-0.15, -0.1) is 0 Å². The third-order valence-corrected chi connectivity index (χ3v) is 3.66. The lowest BCUT2D eigenvalue weighted by Crippen LogP contribution is -2.15. The first-order chi connectivity index (χ1) is 10.3. The van der Waals surface area contributed by atoms with Crippen molar-refractivity contribution in [3.05, 3.63) is 48.7 Å². The fourth-order valence-electron chi connectivity index (χ4n) is 2.64. The summed E-state index contributed by atoms with van der Waals surface area (Å²) in [5.74, 6) is 1.57. The number of nitrogens with zero attached hydrogens (tertiary/aromatic N) is 1. The number of benzene rings is 2. The molecule has 0 unspecified atom stereocenters. The first-order valence-corrected chi connectivity index (χ1v) is 6.86. The lowest BCUT2D eigenvalue weighted by Gasteiger charge is -2.19. The standard InChI is InChI=1S/C17H14N2O2/c18-14-6-7-19-17-12(2-1-3-13(14)17)11-4-5-15-16(10-11)21-9-8-20-15/h1-7,10H,8-9H2,(H2,18,19). The Morgan fingerprint density at radius 2 is 1.81 bits per heavy atom. The van der Waals surface area contributed by atoms with E-state index < -0.39 is 0 Å². The molecule has 0 atom stereocenters. The van der Waals surface area contributed by atoms with Crippen LogP contribution in [0.15, 0.2) is 48.7 Å². The third-order valence-electron chi connectivity index (χ3n) is 3.66. The van der Waals surface area contributed by atoms with Gasteiger partial charge in [-0.1, -0.05) is 24.3 Å². The SMILES string of the molecule is Nc1ccnc2c(-c3ccc4c(c3)OCCO4)cccc12. The van der Waals surface area contributed by atoms with Crippen LogP contribution in [0.5, 0.6) is 11.5 Å². The molecule has 0 saturated carbocycles. The zero-order valence-corrected chi connectivity index (χ0v) is 11.4. The fourth-order valence-corrected chi connectivity index (χ4v) is 2.64. The number of pyridine rings is 1. The van der Waals surface area contributed by atoms with Gasteiger partial charge < -0.3 is 15.2 Å². The maximum absolute atomic E-state index is 6.03. The molecule has 4 rings (SSSR count). The molecule has 2 aromatic carbocycles. The summed E-state index contributed by atoms with van der Waals surface area (Å²) in [4.78, 5) is 4.48. The lowest BCUT2D eigenvalue weighted by molar-refractivity contribution is 0.171. The quantitative estimate of drug-likeness (QED) is 0.742. The van der Waals surface area contributed by atoms with Gasteiger partial charge in [0.05, 0.1) is 5.52 Å². The van der Waals surface area contributed by atoms with Crippen LogP contribution in [0.2, 0.25) is 0 Å². The number of rotatable bonds is 1. The van der Waals surface area contributed by atoms with E-state index in [1.165, 1.54) is 0 Å². The Bertz CT molecular complexity index is 830. The summed E-state index contributed by atoms with van der Waals surface area (Å²) in [7, 11) is 0. The second-order valence-electron chi connectivity index (χ2n) is 4.96. The number of hydrogen-bond acceptors (Lipinski definition) is 4. The molecule has 4 nitrogen and oxygen atoms in total. The Morgan fingerprint density at radius 3 is 2.71 bits per heavy atom. The summed E-state index contributed by atoms with van der Waals surface area (Å²) >= 11 is 0. The Labute approximate surface area is 122 Å². The summed E-state index contributed by atoms with van der Waals surface area (Å²) in [5.41, 5.74) is 9.75. The van der Waals surface area contributed by atoms with E-state index in [0.717, 1.165) is 39.2 Å². The molecule has 2 heterocycles. The number of para-hydroxylation sites is 1. The second kappa shape index (κ2) is 4.66. The predicted molar refractivity (Wildman–Crippen MR) is 82.6 cm³/mol. The molecule has 0 amide bonds. The molecule has 0 spiro atoms. The topological polar surface area (TPSA) is 57.4 Å². The third kappa shape index (κ3) is 1.96. The molecule has 0 bridgehead atoms. The van der Waals surface area contributed by atoms with Gasteiger partial charge in [0, 0.05) is 22.8 Å². The van der Waals surface area contributed by atoms with Crippen LogP contribution in [0.25, 0.3) is 22.0 Å².